The van der Waals surface area contributed by atoms with Crippen LogP contribution in [0.5, 0.6) is 0 Å². The van der Waals surface area contributed by atoms with Crippen LogP contribution in [0.2, 0.25) is 0 Å². The summed E-state index contributed by atoms with van der Waals surface area (Å²) in [5.74, 6) is 0. The van der Waals surface area contributed by atoms with E-state index in [2.05, 4.69) is 0 Å². The first-order valence-corrected chi connectivity index (χ1v) is 0. The molecule has 8 heteroatoms. The Kier molecular flexibility index (Phi) is 15400. The number of hydrogen-bond acceptors (Lipinski definition) is 0. The van der Waals surface area contributed by atoms with Crippen LogP contribution in [-0.4, -0.2) is 0 Å². The van der Waals surface area contributed by atoms with E-state index in [-0.39, 0.29) is 76.8 Å². The van der Waals surface area contributed by atoms with Crippen molar-refractivity contribution in [2.75, 3.05) is 0 Å². The van der Waals surface area contributed by atoms with Crippen molar-refractivity contribution in [1.29, 1.82) is 0 Å². The molecule has 0 heterocycles. The van der Waals surface area contributed by atoms with Crippen LogP contribution in [0.3, 0.4) is 0 Å². The van der Waals surface area contributed by atoms with E-state index in [0.717, 1.165) is 0 Å². The zero-order valence-corrected chi connectivity index (χ0v) is 9.77. The SMILES string of the molecule is F.[O-2].[O-2].[O-2].[O-2].[O-2].[Ta+5].[Ta+5]. The maximum Gasteiger partial charge on any atom is 5.00 e. The molecule has 0 saturated heterocycles. The van der Waals surface area contributed by atoms with Gasteiger partial charge in [0.05, 0.1) is 0 Å². The van der Waals surface area contributed by atoms with Crippen molar-refractivity contribution in [3.8, 4) is 0 Å². The normalized spacial score (nSPS) is 0. The van der Waals surface area contributed by atoms with Gasteiger partial charge in [0.15, 0.2) is 0 Å². The maximum absolute atomic E-state index is 0. The topological polar surface area (TPSA) is 142 Å². The van der Waals surface area contributed by atoms with Gasteiger partial charge in [-0.05, 0) is 0 Å². The summed E-state index contributed by atoms with van der Waals surface area (Å²) in [6, 6.07) is 0. The van der Waals surface area contributed by atoms with Crippen LogP contribution >= 0.6 is 0 Å². The molecule has 0 atom stereocenters. The molecule has 0 aliphatic heterocycles. The van der Waals surface area contributed by atoms with Crippen molar-refractivity contribution in [3.05, 3.63) is 0 Å². The van der Waals surface area contributed by atoms with Gasteiger partial charge in [-0.15, -0.1) is 0 Å². The summed E-state index contributed by atoms with van der Waals surface area (Å²) in [4.78, 5) is 0. The molecule has 48 valence electrons. The molecule has 5 nitrogen and oxygen atoms in total. The van der Waals surface area contributed by atoms with E-state index in [4.69, 9.17) is 0 Å². The van der Waals surface area contributed by atoms with Gasteiger partial charge < -0.3 is 27.4 Å². The fourth-order valence-corrected chi connectivity index (χ4v) is 0. The predicted octanol–water partition coefficient (Wildman–Crippen LogP) is -0.447. The second kappa shape index (κ2) is 291. The van der Waals surface area contributed by atoms with E-state index < -0.39 is 0 Å². The molecule has 0 aromatic heterocycles. The van der Waals surface area contributed by atoms with E-state index in [1.165, 1.54) is 0 Å². The fourth-order valence-electron chi connectivity index (χ4n) is 0. The molecular formula is HFO5Ta2. The minimum Gasteiger partial charge on any atom is -2.00 e. The molecule has 0 fully saturated rings. The van der Waals surface area contributed by atoms with E-state index in [0.29, 0.717) is 0 Å². The third kappa shape index (κ3) is 190. The average molecular weight is 462 g/mol. The second-order valence-corrected chi connectivity index (χ2v) is 0. The van der Waals surface area contributed by atoms with Gasteiger partial charge >= 0.3 is 44.8 Å². The predicted molar refractivity (Wildman–Crippen MR) is 5.94 cm³/mol. The van der Waals surface area contributed by atoms with Gasteiger partial charge in [0.25, 0.3) is 0 Å². The largest absolute Gasteiger partial charge is 5.00 e. The zero-order valence-electron chi connectivity index (χ0n) is 3.34. The standard InChI is InChI=1S/FH.5O.2Ta/h1H;;;;;;;/q;5*-2;2*+5. The summed E-state index contributed by atoms with van der Waals surface area (Å²) in [5, 5.41) is 0. The van der Waals surface area contributed by atoms with Gasteiger partial charge in [-0.2, -0.15) is 0 Å². The van der Waals surface area contributed by atoms with Crippen LogP contribution < -0.4 is 0 Å². The average Bonchev–Trinajstić information content (AvgIpc) is 0. The van der Waals surface area contributed by atoms with Crippen molar-refractivity contribution in [2.24, 2.45) is 0 Å². The third-order valence-corrected chi connectivity index (χ3v) is 0. The van der Waals surface area contributed by atoms with Crippen LogP contribution in [0.25, 0.3) is 0 Å². The van der Waals surface area contributed by atoms with Gasteiger partial charge in [0, 0.05) is 0 Å². The molecule has 0 aromatic rings. The summed E-state index contributed by atoms with van der Waals surface area (Å²) < 4.78 is 0. The Labute approximate surface area is 76.8 Å². The number of hydrogen-bond donors (Lipinski definition) is 0. The minimum atomic E-state index is 0. The second-order valence-electron chi connectivity index (χ2n) is 0. The third-order valence-electron chi connectivity index (χ3n) is 0. The molecule has 0 radical (unpaired) electrons. The molecule has 0 aliphatic rings. The molecule has 0 bridgehead atoms. The Morgan fingerprint density at radius 3 is 0.375 bits per heavy atom. The number of halogens is 1. The molecule has 0 N–H and O–H groups in total. The maximum atomic E-state index is 0. The first-order chi connectivity index (χ1) is 0. The Bertz CT molecular complexity index is 10.4. The van der Waals surface area contributed by atoms with E-state index in [9.17, 15) is 0 Å². The molecule has 8 heavy (non-hydrogen) atoms. The smallest absolute Gasteiger partial charge is 2.00 e. The molecule has 0 amide bonds. The van der Waals surface area contributed by atoms with E-state index >= 15 is 0 Å². The van der Waals surface area contributed by atoms with Gasteiger partial charge in [-0.3, -0.25) is 4.70 Å². The molecule has 0 aromatic carbocycles. The van der Waals surface area contributed by atoms with E-state index in [1.807, 2.05) is 0 Å². The van der Waals surface area contributed by atoms with Crippen molar-refractivity contribution in [2.45, 2.75) is 0 Å². The van der Waals surface area contributed by atoms with Gasteiger partial charge in [-0.1, -0.05) is 0 Å². The molecule has 0 rings (SSSR count). The Morgan fingerprint density at radius 1 is 0.375 bits per heavy atom. The zero-order chi connectivity index (χ0) is 0. The monoisotopic (exact) mass is 462 g/mol. The van der Waals surface area contributed by atoms with Crippen LogP contribution in [0.4, 0.5) is 4.70 Å². The molecule has 0 aliphatic carbocycles. The summed E-state index contributed by atoms with van der Waals surface area (Å²) >= 11 is 0. The Morgan fingerprint density at radius 2 is 0.375 bits per heavy atom. The summed E-state index contributed by atoms with van der Waals surface area (Å²) in [6.45, 7) is 0. The van der Waals surface area contributed by atoms with Gasteiger partial charge in [0.2, 0.25) is 0 Å². The van der Waals surface area contributed by atoms with Crippen molar-refractivity contribution in [1.82, 2.24) is 0 Å². The first-order valence-electron chi connectivity index (χ1n) is 0. The number of rotatable bonds is 0. The first kappa shape index (κ1) is 424. The van der Waals surface area contributed by atoms with Crippen LogP contribution in [-0.2, 0) is 72.1 Å². The summed E-state index contributed by atoms with van der Waals surface area (Å²) in [6.07, 6.45) is 0. The Hall–Kier alpha value is 1.21. The van der Waals surface area contributed by atoms with Crippen LogP contribution in [0, 0.1) is 0 Å². The van der Waals surface area contributed by atoms with Gasteiger partial charge in [-0.25, -0.2) is 0 Å². The van der Waals surface area contributed by atoms with Crippen molar-refractivity contribution in [3.63, 3.8) is 0 Å². The van der Waals surface area contributed by atoms with Crippen molar-refractivity contribution >= 4 is 0 Å². The fraction of sp³-hybridized carbons (Fsp3) is 0. The van der Waals surface area contributed by atoms with Crippen molar-refractivity contribution < 1.29 is 76.8 Å². The van der Waals surface area contributed by atoms with Crippen LogP contribution in [0.15, 0.2) is 0 Å². The minimum absolute atomic E-state index is 0. The summed E-state index contributed by atoms with van der Waals surface area (Å²) in [7, 11) is 0. The summed E-state index contributed by atoms with van der Waals surface area (Å²) in [5.41, 5.74) is 0. The molecule has 0 unspecified atom stereocenters. The molecule has 0 saturated carbocycles. The molecular weight excluding hydrogens is 461 g/mol. The van der Waals surface area contributed by atoms with Crippen LogP contribution in [0.1, 0.15) is 0 Å². The van der Waals surface area contributed by atoms with Gasteiger partial charge in [0.1, 0.15) is 0 Å². The Balaban J connectivity index is 0. The quantitative estimate of drug-likeness (QED) is 0.460. The van der Waals surface area contributed by atoms with E-state index in [1.54, 1.807) is 0 Å². The molecule has 0 spiro atoms.